The summed E-state index contributed by atoms with van der Waals surface area (Å²) >= 11 is 0. The summed E-state index contributed by atoms with van der Waals surface area (Å²) in [7, 11) is 0. The van der Waals surface area contributed by atoms with Crippen molar-refractivity contribution < 1.29 is 0 Å². The molecule has 1 saturated carbocycles. The fraction of sp³-hybridized carbons (Fsp3) is 0.419. The van der Waals surface area contributed by atoms with Crippen LogP contribution in [-0.2, 0) is 12.8 Å². The molecule has 0 bridgehead atoms. The third-order valence-electron chi connectivity index (χ3n) is 7.80. The Labute approximate surface area is 189 Å². The summed E-state index contributed by atoms with van der Waals surface area (Å²) in [5, 5.41) is 2.82. The smallest absolute Gasteiger partial charge is 0.0145 e. The van der Waals surface area contributed by atoms with Gasteiger partial charge in [0.2, 0.25) is 0 Å². The first-order valence-corrected chi connectivity index (χ1v) is 12.4. The highest BCUT2D eigenvalue weighted by molar-refractivity contribution is 5.92. The van der Waals surface area contributed by atoms with E-state index in [-0.39, 0.29) is 0 Å². The van der Waals surface area contributed by atoms with E-state index in [1.165, 1.54) is 76.3 Å². The minimum atomic E-state index is 0.747. The molecule has 0 radical (unpaired) electrons. The third kappa shape index (κ3) is 4.22. The van der Waals surface area contributed by atoms with Gasteiger partial charge in [-0.2, -0.15) is 0 Å². The lowest BCUT2D eigenvalue weighted by molar-refractivity contribution is 0.319. The van der Waals surface area contributed by atoms with Crippen LogP contribution in [0.5, 0.6) is 0 Å². The lowest BCUT2D eigenvalue weighted by Gasteiger charge is -2.28. The van der Waals surface area contributed by atoms with Gasteiger partial charge in [0.15, 0.2) is 0 Å². The highest BCUT2D eigenvalue weighted by Crippen LogP contribution is 2.39. The van der Waals surface area contributed by atoms with E-state index in [4.69, 9.17) is 0 Å². The summed E-state index contributed by atoms with van der Waals surface area (Å²) in [5.74, 6) is 1.70. The lowest BCUT2D eigenvalue weighted by Crippen LogP contribution is -2.12. The zero-order valence-electron chi connectivity index (χ0n) is 19.9. The van der Waals surface area contributed by atoms with Gasteiger partial charge in [-0.3, -0.25) is 0 Å². The molecule has 0 spiro atoms. The maximum absolute atomic E-state index is 4.07. The van der Waals surface area contributed by atoms with Gasteiger partial charge in [0.1, 0.15) is 0 Å². The van der Waals surface area contributed by atoms with E-state index < -0.39 is 0 Å². The molecule has 3 aromatic rings. The van der Waals surface area contributed by atoms with Gasteiger partial charge < -0.3 is 0 Å². The Hall–Kier alpha value is -2.34. The molecule has 31 heavy (non-hydrogen) atoms. The van der Waals surface area contributed by atoms with Crippen LogP contribution >= 0.6 is 0 Å². The molecule has 0 N–H and O–H groups in total. The van der Waals surface area contributed by atoms with E-state index in [2.05, 4.69) is 76.7 Å². The van der Waals surface area contributed by atoms with Gasteiger partial charge in [0.05, 0.1) is 0 Å². The highest BCUT2D eigenvalue weighted by atomic mass is 14.3. The van der Waals surface area contributed by atoms with Crippen LogP contribution in [0.1, 0.15) is 86.6 Å². The van der Waals surface area contributed by atoms with Crippen molar-refractivity contribution in [3.63, 3.8) is 0 Å². The van der Waals surface area contributed by atoms with Crippen molar-refractivity contribution >= 4 is 16.8 Å². The van der Waals surface area contributed by atoms with E-state index in [1.807, 2.05) is 6.08 Å². The molecule has 0 heterocycles. The number of benzene rings is 3. The van der Waals surface area contributed by atoms with Crippen molar-refractivity contribution in [1.29, 1.82) is 0 Å². The SMILES string of the molecule is C=Cc1cc(-c2ccc3cc(C4CCC(CC)CC4)ccc3c2CC)cc(C)c1CC. The van der Waals surface area contributed by atoms with Crippen LogP contribution in [0.15, 0.2) is 49.0 Å². The third-order valence-corrected chi connectivity index (χ3v) is 7.80. The fourth-order valence-electron chi connectivity index (χ4n) is 5.89. The van der Waals surface area contributed by atoms with Crippen LogP contribution in [0, 0.1) is 12.8 Å². The Morgan fingerprint density at radius 1 is 0.871 bits per heavy atom. The lowest BCUT2D eigenvalue weighted by atomic mass is 9.77. The number of rotatable bonds is 6. The van der Waals surface area contributed by atoms with Gasteiger partial charge in [0, 0.05) is 0 Å². The Balaban J connectivity index is 1.74. The maximum atomic E-state index is 4.07. The molecule has 0 nitrogen and oxygen atoms in total. The normalized spacial score (nSPS) is 19.0. The number of fused-ring (bicyclic) bond motifs is 1. The minimum Gasteiger partial charge on any atom is -0.0985 e. The summed E-state index contributed by atoms with van der Waals surface area (Å²) in [4.78, 5) is 0. The number of aryl methyl sites for hydroxylation is 2. The Morgan fingerprint density at radius 2 is 1.61 bits per heavy atom. The Kier molecular flexibility index (Phi) is 6.65. The zero-order chi connectivity index (χ0) is 22.0. The summed E-state index contributed by atoms with van der Waals surface area (Å²) in [5.41, 5.74) is 9.78. The molecule has 4 rings (SSSR count). The second kappa shape index (κ2) is 9.43. The largest absolute Gasteiger partial charge is 0.0985 e. The van der Waals surface area contributed by atoms with Crippen molar-refractivity contribution in [2.45, 2.75) is 78.6 Å². The molecule has 0 amide bonds. The van der Waals surface area contributed by atoms with E-state index in [1.54, 1.807) is 5.56 Å². The van der Waals surface area contributed by atoms with Gasteiger partial charge in [0.25, 0.3) is 0 Å². The fourth-order valence-corrected chi connectivity index (χ4v) is 5.89. The predicted molar refractivity (Wildman–Crippen MR) is 138 cm³/mol. The molecular formula is C31H38. The molecule has 1 fully saturated rings. The maximum Gasteiger partial charge on any atom is -0.0145 e. The average molecular weight is 411 g/mol. The van der Waals surface area contributed by atoms with Crippen molar-refractivity contribution in [2.24, 2.45) is 5.92 Å². The van der Waals surface area contributed by atoms with Crippen LogP contribution in [0.25, 0.3) is 28.0 Å². The zero-order valence-corrected chi connectivity index (χ0v) is 19.9. The van der Waals surface area contributed by atoms with Crippen LogP contribution < -0.4 is 0 Å². The first kappa shape index (κ1) is 21.9. The Morgan fingerprint density at radius 3 is 2.26 bits per heavy atom. The molecule has 0 aliphatic heterocycles. The molecule has 162 valence electrons. The van der Waals surface area contributed by atoms with Gasteiger partial charge in [-0.15, -0.1) is 0 Å². The molecule has 3 aromatic carbocycles. The van der Waals surface area contributed by atoms with Gasteiger partial charge in [-0.05, 0) is 113 Å². The van der Waals surface area contributed by atoms with Crippen LogP contribution in [0.2, 0.25) is 0 Å². The van der Waals surface area contributed by atoms with E-state index in [9.17, 15) is 0 Å². The van der Waals surface area contributed by atoms with E-state index in [0.717, 1.165) is 24.7 Å². The van der Waals surface area contributed by atoms with Crippen molar-refractivity contribution in [2.75, 3.05) is 0 Å². The highest BCUT2D eigenvalue weighted by Gasteiger charge is 2.21. The van der Waals surface area contributed by atoms with Gasteiger partial charge in [-0.25, -0.2) is 0 Å². The number of hydrogen-bond acceptors (Lipinski definition) is 0. The second-order valence-electron chi connectivity index (χ2n) is 9.47. The van der Waals surface area contributed by atoms with E-state index in [0.29, 0.717) is 0 Å². The average Bonchev–Trinajstić information content (AvgIpc) is 2.82. The standard InChI is InChI=1S/C31H38/c1-6-22-10-12-24(13-11-22)25-14-16-30-26(20-25)15-17-31(29(30)9-4)27-18-21(5)28(8-3)23(7-2)19-27/h7,14-20,22,24H,2,6,8-13H2,1,3-5H3. The van der Waals surface area contributed by atoms with Crippen LogP contribution in [0.4, 0.5) is 0 Å². The molecule has 1 aliphatic rings. The number of hydrogen-bond donors (Lipinski definition) is 0. The molecule has 0 heteroatoms. The minimum absolute atomic E-state index is 0.747. The molecule has 1 aliphatic carbocycles. The molecule has 0 atom stereocenters. The van der Waals surface area contributed by atoms with Crippen molar-refractivity contribution in [3.05, 3.63) is 76.9 Å². The quantitative estimate of drug-likeness (QED) is 0.380. The molecular weight excluding hydrogens is 372 g/mol. The summed E-state index contributed by atoms with van der Waals surface area (Å²) in [6.45, 7) is 13.2. The first-order valence-electron chi connectivity index (χ1n) is 12.4. The summed E-state index contributed by atoms with van der Waals surface area (Å²) in [6, 6.07) is 16.7. The molecule has 0 saturated heterocycles. The van der Waals surface area contributed by atoms with Crippen LogP contribution in [0.3, 0.4) is 0 Å². The second-order valence-corrected chi connectivity index (χ2v) is 9.47. The predicted octanol–water partition coefficient (Wildman–Crippen LogP) is 9.27. The topological polar surface area (TPSA) is 0 Å². The summed E-state index contributed by atoms with van der Waals surface area (Å²) in [6.07, 6.45) is 11.0. The molecule has 0 unspecified atom stereocenters. The van der Waals surface area contributed by atoms with Crippen molar-refractivity contribution in [1.82, 2.24) is 0 Å². The first-order chi connectivity index (χ1) is 15.1. The van der Waals surface area contributed by atoms with Gasteiger partial charge >= 0.3 is 0 Å². The van der Waals surface area contributed by atoms with Crippen molar-refractivity contribution in [3.8, 4) is 11.1 Å². The van der Waals surface area contributed by atoms with Crippen LogP contribution in [-0.4, -0.2) is 0 Å². The van der Waals surface area contributed by atoms with E-state index >= 15 is 0 Å². The van der Waals surface area contributed by atoms with Gasteiger partial charge in [-0.1, -0.05) is 76.2 Å². The monoisotopic (exact) mass is 410 g/mol. The summed E-state index contributed by atoms with van der Waals surface area (Å²) < 4.78 is 0. The molecule has 0 aromatic heterocycles. The Bertz CT molecular complexity index is 1080.